The average molecular weight is 248 g/mol. The minimum absolute atomic E-state index is 0.225. The minimum atomic E-state index is -2.48. The fourth-order valence-electron chi connectivity index (χ4n) is 2.32. The summed E-state index contributed by atoms with van der Waals surface area (Å²) < 4.78 is 23.2. The van der Waals surface area contributed by atoms with Gasteiger partial charge in [-0.3, -0.25) is 9.09 Å². The lowest BCUT2D eigenvalue weighted by molar-refractivity contribution is -0.210. The van der Waals surface area contributed by atoms with Crippen molar-refractivity contribution in [2.24, 2.45) is 17.8 Å². The van der Waals surface area contributed by atoms with Gasteiger partial charge in [-0.1, -0.05) is 27.7 Å². The average Bonchev–Trinajstić information content (AvgIpc) is 2.17. The van der Waals surface area contributed by atoms with E-state index < -0.39 is 7.37 Å². The van der Waals surface area contributed by atoms with Gasteiger partial charge in [0.15, 0.2) is 13.7 Å². The molecule has 0 aromatic carbocycles. The first-order valence-electron chi connectivity index (χ1n) is 6.15. The lowest BCUT2D eigenvalue weighted by Crippen LogP contribution is -2.45. The third-order valence-electron chi connectivity index (χ3n) is 3.74. The molecule has 1 fully saturated rings. The minimum Gasteiger partial charge on any atom is -0.348 e. The summed E-state index contributed by atoms with van der Waals surface area (Å²) in [5.74, 6) is 1.37. The maximum atomic E-state index is 11.7. The Labute approximate surface area is 99.4 Å². The summed E-state index contributed by atoms with van der Waals surface area (Å²) in [5.41, 5.74) is 0. The molecule has 4 heteroatoms. The third-order valence-corrected chi connectivity index (χ3v) is 4.46. The number of hydrogen-bond donors (Lipinski definition) is 0. The first-order chi connectivity index (χ1) is 7.26. The van der Waals surface area contributed by atoms with Gasteiger partial charge < -0.3 is 4.74 Å². The quantitative estimate of drug-likeness (QED) is 0.716. The van der Waals surface area contributed by atoms with E-state index in [4.69, 9.17) is 9.26 Å². The van der Waals surface area contributed by atoms with Gasteiger partial charge in [-0.25, -0.2) is 0 Å². The summed E-state index contributed by atoms with van der Waals surface area (Å²) in [6.07, 6.45) is 0.898. The largest absolute Gasteiger partial charge is 0.348 e. The molecule has 0 bridgehead atoms. The zero-order chi connectivity index (χ0) is 12.5. The predicted octanol–water partition coefficient (Wildman–Crippen LogP) is 3.58. The Morgan fingerprint density at radius 3 is 2.12 bits per heavy atom. The van der Waals surface area contributed by atoms with E-state index >= 15 is 0 Å². The SMILES string of the molecule is CCC1OC(OP(C)(C)=O)C(C)C(C)[C@H]1C. The molecule has 0 amide bonds. The summed E-state index contributed by atoms with van der Waals surface area (Å²) in [4.78, 5) is 0. The molecule has 1 heterocycles. The van der Waals surface area contributed by atoms with Crippen molar-refractivity contribution in [1.29, 1.82) is 0 Å². The molecule has 5 atom stereocenters. The second-order valence-corrected chi connectivity index (χ2v) is 8.10. The standard InChI is InChI=1S/C12H25O3P/c1-7-11-9(3)8(2)10(4)12(14-11)15-16(5,6)13/h8-12H,7H2,1-6H3/t8?,9-,10?,11?,12?/m1/s1. The van der Waals surface area contributed by atoms with Gasteiger partial charge in [-0.2, -0.15) is 0 Å². The van der Waals surface area contributed by atoms with Crippen molar-refractivity contribution >= 4 is 7.37 Å². The molecule has 1 aliphatic rings. The first kappa shape index (κ1) is 14.2. The van der Waals surface area contributed by atoms with Crippen molar-refractivity contribution in [3.63, 3.8) is 0 Å². The number of ether oxygens (including phenoxy) is 1. The van der Waals surface area contributed by atoms with Crippen LogP contribution in [0.4, 0.5) is 0 Å². The molecule has 1 rings (SSSR count). The normalized spacial score (nSPS) is 41.0. The fourth-order valence-corrected chi connectivity index (χ4v) is 3.07. The molecule has 0 aromatic rings. The van der Waals surface area contributed by atoms with Crippen molar-refractivity contribution < 1.29 is 13.8 Å². The molecule has 0 aliphatic carbocycles. The second kappa shape index (κ2) is 5.20. The van der Waals surface area contributed by atoms with Gasteiger partial charge in [0, 0.05) is 19.2 Å². The monoisotopic (exact) mass is 248 g/mol. The Bertz CT molecular complexity index is 271. The van der Waals surface area contributed by atoms with Crippen LogP contribution in [0.3, 0.4) is 0 Å². The van der Waals surface area contributed by atoms with E-state index in [1.807, 2.05) is 0 Å². The highest BCUT2D eigenvalue weighted by Crippen LogP contribution is 2.45. The fraction of sp³-hybridized carbons (Fsp3) is 1.00. The Morgan fingerprint density at radius 2 is 1.69 bits per heavy atom. The Kier molecular flexibility index (Phi) is 4.62. The highest BCUT2D eigenvalue weighted by molar-refractivity contribution is 7.57. The van der Waals surface area contributed by atoms with Crippen LogP contribution in [0.5, 0.6) is 0 Å². The highest BCUT2D eigenvalue weighted by atomic mass is 31.2. The molecule has 4 unspecified atom stereocenters. The van der Waals surface area contributed by atoms with Crippen LogP contribution in [0, 0.1) is 17.8 Å². The van der Waals surface area contributed by atoms with Crippen LogP contribution in [0.15, 0.2) is 0 Å². The molecular weight excluding hydrogens is 223 g/mol. The molecule has 16 heavy (non-hydrogen) atoms. The van der Waals surface area contributed by atoms with Crippen LogP contribution in [0.2, 0.25) is 0 Å². The molecule has 0 saturated carbocycles. The van der Waals surface area contributed by atoms with Gasteiger partial charge in [-0.15, -0.1) is 0 Å². The molecule has 0 radical (unpaired) electrons. The van der Waals surface area contributed by atoms with Crippen molar-refractivity contribution in [2.75, 3.05) is 13.3 Å². The maximum Gasteiger partial charge on any atom is 0.199 e. The van der Waals surface area contributed by atoms with Gasteiger partial charge in [-0.05, 0) is 18.3 Å². The van der Waals surface area contributed by atoms with Crippen LogP contribution in [-0.2, 0) is 13.8 Å². The van der Waals surface area contributed by atoms with Crippen molar-refractivity contribution in [3.05, 3.63) is 0 Å². The summed E-state index contributed by atoms with van der Waals surface area (Å²) in [7, 11) is -2.48. The van der Waals surface area contributed by atoms with E-state index in [0.29, 0.717) is 17.8 Å². The number of hydrogen-bond acceptors (Lipinski definition) is 3. The zero-order valence-electron chi connectivity index (χ0n) is 11.3. The van der Waals surface area contributed by atoms with E-state index in [-0.39, 0.29) is 12.4 Å². The molecule has 3 nitrogen and oxygen atoms in total. The highest BCUT2D eigenvalue weighted by Gasteiger charge is 2.40. The van der Waals surface area contributed by atoms with Crippen LogP contribution < -0.4 is 0 Å². The summed E-state index contributed by atoms with van der Waals surface area (Å²) in [5, 5.41) is 0. The van der Waals surface area contributed by atoms with E-state index in [2.05, 4.69) is 27.7 Å². The predicted molar refractivity (Wildman–Crippen MR) is 67.0 cm³/mol. The van der Waals surface area contributed by atoms with Gasteiger partial charge in [0.05, 0.1) is 6.10 Å². The first-order valence-corrected chi connectivity index (χ1v) is 8.67. The van der Waals surface area contributed by atoms with E-state index in [1.54, 1.807) is 13.3 Å². The Balaban J connectivity index is 2.75. The van der Waals surface area contributed by atoms with E-state index in [0.717, 1.165) is 6.42 Å². The van der Waals surface area contributed by atoms with Gasteiger partial charge in [0.2, 0.25) is 0 Å². The molecule has 0 N–H and O–H groups in total. The van der Waals surface area contributed by atoms with Crippen molar-refractivity contribution in [3.8, 4) is 0 Å². The second-order valence-electron chi connectivity index (χ2n) is 5.39. The van der Waals surface area contributed by atoms with E-state index in [1.165, 1.54) is 0 Å². The van der Waals surface area contributed by atoms with Crippen LogP contribution in [0.1, 0.15) is 34.1 Å². The van der Waals surface area contributed by atoms with E-state index in [9.17, 15) is 4.57 Å². The third kappa shape index (κ3) is 3.32. The lowest BCUT2D eigenvalue weighted by atomic mass is 9.78. The summed E-state index contributed by atoms with van der Waals surface area (Å²) >= 11 is 0. The molecule has 96 valence electrons. The molecule has 1 saturated heterocycles. The van der Waals surface area contributed by atoms with Crippen molar-refractivity contribution in [1.82, 2.24) is 0 Å². The molecular formula is C12H25O3P. The summed E-state index contributed by atoms with van der Waals surface area (Å²) in [6, 6.07) is 0. The van der Waals surface area contributed by atoms with Crippen LogP contribution in [-0.4, -0.2) is 25.7 Å². The van der Waals surface area contributed by atoms with Gasteiger partial charge in [0.25, 0.3) is 0 Å². The van der Waals surface area contributed by atoms with Gasteiger partial charge >= 0.3 is 0 Å². The Hall–Kier alpha value is 0.150. The maximum absolute atomic E-state index is 11.7. The zero-order valence-corrected chi connectivity index (χ0v) is 12.2. The molecule has 0 aromatic heterocycles. The van der Waals surface area contributed by atoms with Crippen molar-refractivity contribution in [2.45, 2.75) is 46.5 Å². The Morgan fingerprint density at radius 1 is 1.12 bits per heavy atom. The smallest absolute Gasteiger partial charge is 0.199 e. The topological polar surface area (TPSA) is 35.5 Å². The molecule has 0 spiro atoms. The summed E-state index contributed by atoms with van der Waals surface area (Å²) in [6.45, 7) is 12.0. The van der Waals surface area contributed by atoms with Crippen LogP contribution >= 0.6 is 7.37 Å². The lowest BCUT2D eigenvalue weighted by Gasteiger charge is -2.43. The molecule has 1 aliphatic heterocycles. The van der Waals surface area contributed by atoms with Gasteiger partial charge in [0.1, 0.15) is 0 Å². The van der Waals surface area contributed by atoms with Crippen LogP contribution in [0.25, 0.3) is 0 Å². The number of rotatable bonds is 3.